The summed E-state index contributed by atoms with van der Waals surface area (Å²) in [4.78, 5) is 30.4. The fourth-order valence-corrected chi connectivity index (χ4v) is 3.14. The minimum Gasteiger partial charge on any atom is -0.349 e. The van der Waals surface area contributed by atoms with Crippen molar-refractivity contribution in [2.45, 2.75) is 12.6 Å². The molecule has 2 aromatic rings. The monoisotopic (exact) mass is 409 g/mol. The lowest BCUT2D eigenvalue weighted by molar-refractivity contribution is -0.384. The van der Waals surface area contributed by atoms with Crippen molar-refractivity contribution in [2.24, 2.45) is 0 Å². The first-order chi connectivity index (χ1) is 13.8. The zero-order valence-electron chi connectivity index (χ0n) is 15.2. The molecule has 0 atom stereocenters. The second kappa shape index (κ2) is 8.33. The van der Waals surface area contributed by atoms with E-state index in [9.17, 15) is 28.1 Å². The van der Waals surface area contributed by atoms with Crippen molar-refractivity contribution in [3.63, 3.8) is 0 Å². The Morgan fingerprint density at radius 2 is 1.86 bits per heavy atom. The van der Waals surface area contributed by atoms with Gasteiger partial charge in [-0.15, -0.1) is 0 Å². The van der Waals surface area contributed by atoms with Gasteiger partial charge >= 0.3 is 17.9 Å². The maximum Gasteiger partial charge on any atom is 0.418 e. The van der Waals surface area contributed by atoms with Gasteiger partial charge in [0.15, 0.2) is 0 Å². The summed E-state index contributed by atoms with van der Waals surface area (Å²) >= 11 is 0. The number of alkyl halides is 3. The molecule has 1 aliphatic rings. The van der Waals surface area contributed by atoms with E-state index >= 15 is 0 Å². The lowest BCUT2D eigenvalue weighted by Crippen LogP contribution is -2.38. The number of halogens is 3. The molecule has 0 bridgehead atoms. The highest BCUT2D eigenvalue weighted by molar-refractivity contribution is 5.90. The number of benzene rings is 1. The number of pyridine rings is 1. The minimum absolute atomic E-state index is 0.135. The fourth-order valence-electron chi connectivity index (χ4n) is 3.14. The highest BCUT2D eigenvalue weighted by Gasteiger charge is 2.34. The summed E-state index contributed by atoms with van der Waals surface area (Å²) in [6, 6.07) is 6.93. The fraction of sp³-hybridized carbons (Fsp3) is 0.333. The maximum atomic E-state index is 13.1. The summed E-state index contributed by atoms with van der Waals surface area (Å²) in [5.41, 5.74) is -1.37. The number of para-hydroxylation sites is 1. The zero-order valence-corrected chi connectivity index (χ0v) is 15.2. The van der Waals surface area contributed by atoms with Crippen molar-refractivity contribution in [3.05, 3.63) is 58.3 Å². The van der Waals surface area contributed by atoms with Crippen LogP contribution in [-0.4, -0.2) is 47.0 Å². The van der Waals surface area contributed by atoms with Gasteiger partial charge in [0.05, 0.1) is 16.2 Å². The maximum absolute atomic E-state index is 13.1. The van der Waals surface area contributed by atoms with Gasteiger partial charge in [0.1, 0.15) is 0 Å². The van der Waals surface area contributed by atoms with Crippen LogP contribution < -0.4 is 10.2 Å². The molecule has 1 fully saturated rings. The third-order valence-corrected chi connectivity index (χ3v) is 4.52. The average molecular weight is 409 g/mol. The van der Waals surface area contributed by atoms with Crippen molar-refractivity contribution < 1.29 is 22.9 Å². The van der Waals surface area contributed by atoms with E-state index in [1.807, 2.05) is 0 Å². The Morgan fingerprint density at radius 1 is 1.10 bits per heavy atom. The molecule has 11 heteroatoms. The standard InChI is InChI=1S/C18H18F3N5O3/c19-18(20,21)13-5-1-2-6-14(13)23-17(27)25-10-4-9-24(11-12-25)16-15(26(28)29)7-3-8-22-16/h1-3,5-8H,4,9-12H2,(H,23,27). The number of hydrogen-bond acceptors (Lipinski definition) is 5. The number of hydrogen-bond donors (Lipinski definition) is 1. The molecule has 154 valence electrons. The Kier molecular flexibility index (Phi) is 5.85. The van der Waals surface area contributed by atoms with Gasteiger partial charge in [0.25, 0.3) is 0 Å². The van der Waals surface area contributed by atoms with Crippen molar-refractivity contribution in [2.75, 3.05) is 36.4 Å². The molecule has 0 radical (unpaired) electrons. The molecule has 2 amide bonds. The van der Waals surface area contributed by atoms with Crippen LogP contribution >= 0.6 is 0 Å². The molecule has 1 aromatic carbocycles. The van der Waals surface area contributed by atoms with E-state index < -0.39 is 22.7 Å². The van der Waals surface area contributed by atoms with Crippen LogP contribution in [0.1, 0.15) is 12.0 Å². The zero-order chi connectivity index (χ0) is 21.0. The Hall–Kier alpha value is -3.37. The molecule has 1 N–H and O–H groups in total. The molecule has 0 spiro atoms. The molecule has 8 nitrogen and oxygen atoms in total. The Balaban J connectivity index is 1.71. The molecule has 0 aliphatic carbocycles. The molecular weight excluding hydrogens is 391 g/mol. The Bertz CT molecular complexity index is 906. The van der Waals surface area contributed by atoms with Crippen LogP contribution in [0.25, 0.3) is 0 Å². The number of nitrogens with one attached hydrogen (secondary N) is 1. The molecule has 2 heterocycles. The minimum atomic E-state index is -4.59. The lowest BCUT2D eigenvalue weighted by Gasteiger charge is -2.23. The van der Waals surface area contributed by atoms with E-state index in [4.69, 9.17) is 0 Å². The molecule has 0 unspecified atom stereocenters. The van der Waals surface area contributed by atoms with Crippen LogP contribution in [0.2, 0.25) is 0 Å². The number of amides is 2. The number of urea groups is 1. The third-order valence-electron chi connectivity index (χ3n) is 4.52. The first-order valence-corrected chi connectivity index (χ1v) is 8.84. The highest BCUT2D eigenvalue weighted by Crippen LogP contribution is 2.34. The van der Waals surface area contributed by atoms with Crippen LogP contribution in [0.15, 0.2) is 42.6 Å². The van der Waals surface area contributed by atoms with Gasteiger partial charge in [-0.2, -0.15) is 13.2 Å². The molecule has 1 aliphatic heterocycles. The van der Waals surface area contributed by atoms with Crippen molar-refractivity contribution >= 4 is 23.2 Å². The molecule has 1 saturated heterocycles. The Morgan fingerprint density at radius 3 is 2.59 bits per heavy atom. The second-order valence-electron chi connectivity index (χ2n) is 6.40. The van der Waals surface area contributed by atoms with Gasteiger partial charge in [-0.1, -0.05) is 12.1 Å². The van der Waals surface area contributed by atoms with Crippen molar-refractivity contribution in [3.8, 4) is 0 Å². The largest absolute Gasteiger partial charge is 0.418 e. The van der Waals surface area contributed by atoms with E-state index in [1.54, 1.807) is 4.90 Å². The molecular formula is C18H18F3N5O3. The van der Waals surface area contributed by atoms with E-state index in [0.29, 0.717) is 19.5 Å². The van der Waals surface area contributed by atoms with Crippen LogP contribution in [0, 0.1) is 10.1 Å². The second-order valence-corrected chi connectivity index (χ2v) is 6.40. The van der Waals surface area contributed by atoms with Gasteiger partial charge in [0, 0.05) is 38.4 Å². The first kappa shape index (κ1) is 20.4. The van der Waals surface area contributed by atoms with Gasteiger partial charge < -0.3 is 15.1 Å². The Labute approximate surface area is 164 Å². The number of anilines is 2. The topological polar surface area (TPSA) is 91.6 Å². The number of nitro groups is 1. The van der Waals surface area contributed by atoms with Crippen LogP contribution in [0.3, 0.4) is 0 Å². The van der Waals surface area contributed by atoms with E-state index in [0.717, 1.165) is 6.07 Å². The number of carbonyl (C=O) groups excluding carboxylic acids is 1. The predicted octanol–water partition coefficient (Wildman–Crippen LogP) is 3.75. The van der Waals surface area contributed by atoms with Gasteiger partial charge in [-0.25, -0.2) is 9.78 Å². The van der Waals surface area contributed by atoms with Gasteiger partial charge in [-0.3, -0.25) is 10.1 Å². The third kappa shape index (κ3) is 4.73. The predicted molar refractivity (Wildman–Crippen MR) is 99.8 cm³/mol. The number of carbonyl (C=O) groups is 1. The van der Waals surface area contributed by atoms with Crippen LogP contribution in [0.5, 0.6) is 0 Å². The number of aromatic nitrogens is 1. The van der Waals surface area contributed by atoms with E-state index in [1.165, 1.54) is 41.4 Å². The summed E-state index contributed by atoms with van der Waals surface area (Å²) in [5.74, 6) is 0.210. The van der Waals surface area contributed by atoms with Crippen LogP contribution in [0.4, 0.5) is 35.2 Å². The summed E-state index contributed by atoms with van der Waals surface area (Å²) < 4.78 is 39.3. The summed E-state index contributed by atoms with van der Waals surface area (Å²) in [5, 5.41) is 13.5. The number of nitrogens with zero attached hydrogens (tertiary/aromatic N) is 4. The molecule has 0 saturated carbocycles. The average Bonchev–Trinajstić information content (AvgIpc) is 2.94. The quantitative estimate of drug-likeness (QED) is 0.616. The summed E-state index contributed by atoms with van der Waals surface area (Å²) in [7, 11) is 0. The summed E-state index contributed by atoms with van der Waals surface area (Å²) in [6.07, 6.45) is -2.65. The van der Waals surface area contributed by atoms with Crippen molar-refractivity contribution in [1.82, 2.24) is 9.88 Å². The number of rotatable bonds is 3. The van der Waals surface area contributed by atoms with E-state index in [2.05, 4.69) is 10.3 Å². The molecule has 3 rings (SSSR count). The van der Waals surface area contributed by atoms with Gasteiger partial charge in [-0.05, 0) is 24.6 Å². The first-order valence-electron chi connectivity index (χ1n) is 8.84. The molecule has 1 aromatic heterocycles. The normalized spacial score (nSPS) is 15.0. The smallest absolute Gasteiger partial charge is 0.349 e. The SMILES string of the molecule is O=C(Nc1ccccc1C(F)(F)F)N1CCCN(c2ncccc2[N+](=O)[O-])CC1. The van der Waals surface area contributed by atoms with Crippen molar-refractivity contribution in [1.29, 1.82) is 0 Å². The van der Waals surface area contributed by atoms with E-state index in [-0.39, 0.29) is 30.3 Å². The highest BCUT2D eigenvalue weighted by atomic mass is 19.4. The van der Waals surface area contributed by atoms with Crippen LogP contribution in [-0.2, 0) is 6.18 Å². The van der Waals surface area contributed by atoms with Gasteiger partial charge in [0.2, 0.25) is 5.82 Å². The molecule has 29 heavy (non-hydrogen) atoms. The summed E-state index contributed by atoms with van der Waals surface area (Å²) in [6.45, 7) is 1.19. The lowest BCUT2D eigenvalue weighted by atomic mass is 10.1.